The van der Waals surface area contributed by atoms with E-state index in [1.807, 2.05) is 25.1 Å². The Labute approximate surface area is 124 Å². The van der Waals surface area contributed by atoms with Crippen LogP contribution in [0.25, 0.3) is 0 Å². The maximum Gasteiger partial charge on any atom is 0.146 e. The van der Waals surface area contributed by atoms with Gasteiger partial charge in [0.1, 0.15) is 23.3 Å². The van der Waals surface area contributed by atoms with Gasteiger partial charge in [0.05, 0.1) is 15.2 Å². The second-order valence-corrected chi connectivity index (χ2v) is 5.61. The number of fused-ring (bicyclic) bond motifs is 1. The number of para-hydroxylation sites is 1. The molecule has 0 aliphatic carbocycles. The molecule has 1 aromatic carbocycles. The smallest absolute Gasteiger partial charge is 0.146 e. The molecule has 0 radical (unpaired) electrons. The van der Waals surface area contributed by atoms with Crippen molar-refractivity contribution in [1.82, 2.24) is 9.97 Å². The van der Waals surface area contributed by atoms with Crippen molar-refractivity contribution in [3.8, 4) is 5.75 Å². The molecule has 0 saturated carbocycles. The van der Waals surface area contributed by atoms with Crippen molar-refractivity contribution in [3.63, 3.8) is 0 Å². The normalized spacial score (nSPS) is 17.4. The van der Waals surface area contributed by atoms with Gasteiger partial charge in [0.15, 0.2) is 0 Å². The van der Waals surface area contributed by atoms with E-state index in [9.17, 15) is 0 Å². The lowest BCUT2D eigenvalue weighted by molar-refractivity contribution is 0.339. The summed E-state index contributed by atoms with van der Waals surface area (Å²) in [5, 5.41) is 0.516. The first kappa shape index (κ1) is 12.2. The number of ether oxygens (including phenoxy) is 1. The molecule has 0 amide bonds. The van der Waals surface area contributed by atoms with Gasteiger partial charge in [0.2, 0.25) is 0 Å². The lowest BCUT2D eigenvalue weighted by atomic mass is 10.0. The second kappa shape index (κ2) is 4.66. The van der Waals surface area contributed by atoms with Crippen LogP contribution in [0.5, 0.6) is 5.75 Å². The molecule has 0 saturated heterocycles. The quantitative estimate of drug-likeness (QED) is 0.567. The van der Waals surface area contributed by atoms with E-state index in [-0.39, 0.29) is 5.92 Å². The molecule has 1 aliphatic heterocycles. The largest absolute Gasteiger partial charge is 0.492 e. The van der Waals surface area contributed by atoms with Crippen LogP contribution in [0.2, 0.25) is 5.15 Å². The molecule has 1 aliphatic rings. The Balaban J connectivity index is 2.08. The first-order valence-corrected chi connectivity index (χ1v) is 7.03. The standard InChI is InChI=1S/C13H10ClIN2O/c1-7-11(15)12(14)17-13(16-7)9-6-18-10-5-3-2-4-8(9)10/h2-5,9H,6H2,1H3. The zero-order valence-electron chi connectivity index (χ0n) is 9.65. The van der Waals surface area contributed by atoms with Crippen LogP contribution in [-0.4, -0.2) is 16.6 Å². The average molecular weight is 373 g/mol. The Kier molecular flexibility index (Phi) is 3.15. The van der Waals surface area contributed by atoms with E-state index in [0.717, 1.165) is 26.4 Å². The lowest BCUT2D eigenvalue weighted by Crippen LogP contribution is -2.09. The Morgan fingerprint density at radius 3 is 2.89 bits per heavy atom. The van der Waals surface area contributed by atoms with E-state index in [2.05, 4.69) is 38.6 Å². The summed E-state index contributed by atoms with van der Waals surface area (Å²) < 4.78 is 6.56. The number of hydrogen-bond acceptors (Lipinski definition) is 3. The number of aromatic nitrogens is 2. The fraction of sp³-hybridized carbons (Fsp3) is 0.231. The summed E-state index contributed by atoms with van der Waals surface area (Å²) >= 11 is 8.29. The van der Waals surface area contributed by atoms with Gasteiger partial charge in [0, 0.05) is 5.56 Å². The Morgan fingerprint density at radius 2 is 2.11 bits per heavy atom. The summed E-state index contributed by atoms with van der Waals surface area (Å²) in [7, 11) is 0. The summed E-state index contributed by atoms with van der Waals surface area (Å²) in [6.07, 6.45) is 0. The van der Waals surface area contributed by atoms with E-state index >= 15 is 0 Å². The van der Waals surface area contributed by atoms with Gasteiger partial charge in [-0.25, -0.2) is 9.97 Å². The van der Waals surface area contributed by atoms with Crippen molar-refractivity contribution in [3.05, 3.63) is 50.1 Å². The second-order valence-electron chi connectivity index (χ2n) is 4.17. The highest BCUT2D eigenvalue weighted by Crippen LogP contribution is 2.37. The lowest BCUT2D eigenvalue weighted by Gasteiger charge is -2.10. The maximum absolute atomic E-state index is 6.13. The predicted octanol–water partition coefficient (Wildman–Crippen LogP) is 3.57. The Bertz CT molecular complexity index is 595. The average Bonchev–Trinajstić information content (AvgIpc) is 2.79. The summed E-state index contributed by atoms with van der Waals surface area (Å²) in [6.45, 7) is 2.52. The Morgan fingerprint density at radius 1 is 1.33 bits per heavy atom. The molecule has 0 bridgehead atoms. The van der Waals surface area contributed by atoms with Crippen molar-refractivity contribution in [2.24, 2.45) is 0 Å². The molecule has 3 nitrogen and oxygen atoms in total. The molecule has 1 unspecified atom stereocenters. The molecule has 18 heavy (non-hydrogen) atoms. The molecule has 2 aromatic rings. The van der Waals surface area contributed by atoms with Crippen LogP contribution in [0, 0.1) is 10.5 Å². The third-order valence-corrected chi connectivity index (χ3v) is 4.89. The molecule has 0 N–H and O–H groups in total. The van der Waals surface area contributed by atoms with Crippen molar-refractivity contribution in [2.75, 3.05) is 6.61 Å². The van der Waals surface area contributed by atoms with Gasteiger partial charge < -0.3 is 4.74 Å². The van der Waals surface area contributed by atoms with Gasteiger partial charge in [0.25, 0.3) is 0 Å². The zero-order chi connectivity index (χ0) is 12.7. The number of rotatable bonds is 1. The fourth-order valence-corrected chi connectivity index (χ4v) is 2.54. The van der Waals surface area contributed by atoms with Crippen molar-refractivity contribution in [1.29, 1.82) is 0 Å². The minimum atomic E-state index is 0.0781. The molecule has 3 rings (SSSR count). The molecule has 1 aromatic heterocycles. The van der Waals surface area contributed by atoms with Crippen LogP contribution in [0.1, 0.15) is 23.0 Å². The van der Waals surface area contributed by atoms with Gasteiger partial charge in [-0.1, -0.05) is 29.8 Å². The highest BCUT2D eigenvalue weighted by Gasteiger charge is 2.28. The van der Waals surface area contributed by atoms with E-state index in [1.165, 1.54) is 0 Å². The SMILES string of the molecule is Cc1nc(C2COc3ccccc32)nc(Cl)c1I. The summed E-state index contributed by atoms with van der Waals surface area (Å²) in [5.41, 5.74) is 2.05. The summed E-state index contributed by atoms with van der Waals surface area (Å²) in [6, 6.07) is 7.99. The predicted molar refractivity (Wildman–Crippen MR) is 78.3 cm³/mol. The van der Waals surface area contributed by atoms with E-state index in [0.29, 0.717) is 11.8 Å². The van der Waals surface area contributed by atoms with Crippen LogP contribution < -0.4 is 4.74 Å². The molecule has 5 heteroatoms. The number of aryl methyl sites for hydroxylation is 1. The van der Waals surface area contributed by atoms with Gasteiger partial charge in [-0.15, -0.1) is 0 Å². The summed E-state index contributed by atoms with van der Waals surface area (Å²) in [4.78, 5) is 8.91. The minimum Gasteiger partial charge on any atom is -0.492 e. The van der Waals surface area contributed by atoms with Crippen LogP contribution in [0.4, 0.5) is 0 Å². The third kappa shape index (κ3) is 1.97. The first-order valence-electron chi connectivity index (χ1n) is 5.58. The van der Waals surface area contributed by atoms with Gasteiger partial charge in [-0.05, 0) is 35.6 Å². The highest BCUT2D eigenvalue weighted by atomic mass is 127. The number of halogens is 2. The highest BCUT2D eigenvalue weighted by molar-refractivity contribution is 14.1. The molecule has 1 atom stereocenters. The van der Waals surface area contributed by atoms with Crippen molar-refractivity contribution in [2.45, 2.75) is 12.8 Å². The first-order chi connectivity index (χ1) is 8.66. The number of benzene rings is 1. The van der Waals surface area contributed by atoms with Crippen LogP contribution in [0.3, 0.4) is 0 Å². The fourth-order valence-electron chi connectivity index (χ4n) is 2.08. The monoisotopic (exact) mass is 372 g/mol. The van der Waals surface area contributed by atoms with Gasteiger partial charge in [-0.3, -0.25) is 0 Å². The summed E-state index contributed by atoms with van der Waals surface area (Å²) in [5.74, 6) is 1.73. The number of hydrogen-bond donors (Lipinski definition) is 0. The van der Waals surface area contributed by atoms with Gasteiger partial charge >= 0.3 is 0 Å². The van der Waals surface area contributed by atoms with Crippen LogP contribution in [0.15, 0.2) is 24.3 Å². The minimum absolute atomic E-state index is 0.0781. The van der Waals surface area contributed by atoms with E-state index < -0.39 is 0 Å². The third-order valence-electron chi connectivity index (χ3n) is 3.01. The van der Waals surface area contributed by atoms with Crippen LogP contribution in [-0.2, 0) is 0 Å². The maximum atomic E-state index is 6.13. The zero-order valence-corrected chi connectivity index (χ0v) is 12.6. The van der Waals surface area contributed by atoms with Crippen molar-refractivity contribution >= 4 is 34.2 Å². The molecule has 92 valence electrons. The van der Waals surface area contributed by atoms with E-state index in [1.54, 1.807) is 0 Å². The van der Waals surface area contributed by atoms with E-state index in [4.69, 9.17) is 16.3 Å². The molecule has 0 spiro atoms. The topological polar surface area (TPSA) is 35.0 Å². The van der Waals surface area contributed by atoms with Gasteiger partial charge in [-0.2, -0.15) is 0 Å². The number of nitrogens with zero attached hydrogens (tertiary/aromatic N) is 2. The Hall–Kier alpha value is -0.880. The molecule has 2 heterocycles. The molecular weight excluding hydrogens is 363 g/mol. The molecule has 0 fully saturated rings. The van der Waals surface area contributed by atoms with Crippen molar-refractivity contribution < 1.29 is 4.74 Å². The molecular formula is C13H10ClIN2O. The van der Waals surface area contributed by atoms with Crippen LogP contribution >= 0.6 is 34.2 Å².